The maximum Gasteiger partial charge on any atom is 0.235 e. The van der Waals surface area contributed by atoms with Crippen molar-refractivity contribution in [3.05, 3.63) is 0 Å². The van der Waals surface area contributed by atoms with E-state index in [-0.39, 0.29) is 17.2 Å². The number of nitrogens with two attached hydrogens (primary N) is 1. The molecule has 0 aliphatic carbocycles. The van der Waals surface area contributed by atoms with Gasteiger partial charge in [0.15, 0.2) is 5.16 Å². The Labute approximate surface area is 130 Å². The predicted octanol–water partition coefficient (Wildman–Crippen LogP) is 2.32. The minimum absolute atomic E-state index is 0.163. The molecule has 118 valence electrons. The van der Waals surface area contributed by atoms with Crippen LogP contribution < -0.4 is 5.73 Å². The Morgan fingerprint density at radius 2 is 1.76 bits per heavy atom. The van der Waals surface area contributed by atoms with E-state index >= 15 is 0 Å². The van der Waals surface area contributed by atoms with Crippen molar-refractivity contribution in [1.82, 2.24) is 19.7 Å². The first-order valence-electron chi connectivity index (χ1n) is 7.66. The molecule has 0 unspecified atom stereocenters. The fourth-order valence-corrected chi connectivity index (χ4v) is 3.68. The topological polar surface area (TPSA) is 77.0 Å². The number of anilines is 1. The summed E-state index contributed by atoms with van der Waals surface area (Å²) in [6.45, 7) is 7.76. The molecular formula is C14H25N5OS. The van der Waals surface area contributed by atoms with Gasteiger partial charge in [0.25, 0.3) is 0 Å². The molecule has 0 bridgehead atoms. The average Bonchev–Trinajstić information content (AvgIpc) is 2.66. The van der Waals surface area contributed by atoms with E-state index in [9.17, 15) is 4.79 Å². The van der Waals surface area contributed by atoms with Crippen molar-refractivity contribution in [2.45, 2.75) is 62.9 Å². The van der Waals surface area contributed by atoms with E-state index in [0.717, 1.165) is 31.1 Å². The number of rotatable bonds is 4. The molecule has 1 atom stereocenters. The third-order valence-electron chi connectivity index (χ3n) is 3.75. The first kappa shape index (κ1) is 16.1. The van der Waals surface area contributed by atoms with Crippen LogP contribution in [-0.2, 0) is 4.79 Å². The molecule has 0 aromatic carbocycles. The summed E-state index contributed by atoms with van der Waals surface area (Å²) in [5, 5.41) is 8.58. The number of carbonyl (C=O) groups is 1. The molecule has 1 saturated heterocycles. The molecular weight excluding hydrogens is 286 g/mol. The van der Waals surface area contributed by atoms with E-state index in [2.05, 4.69) is 10.2 Å². The van der Waals surface area contributed by atoms with Gasteiger partial charge < -0.3 is 10.6 Å². The van der Waals surface area contributed by atoms with Crippen molar-refractivity contribution in [1.29, 1.82) is 0 Å². The molecule has 0 radical (unpaired) electrons. The van der Waals surface area contributed by atoms with Gasteiger partial charge in [-0.3, -0.25) is 9.36 Å². The van der Waals surface area contributed by atoms with Crippen LogP contribution in [0.25, 0.3) is 0 Å². The van der Waals surface area contributed by atoms with Gasteiger partial charge in [-0.1, -0.05) is 24.6 Å². The zero-order valence-electron chi connectivity index (χ0n) is 13.1. The summed E-state index contributed by atoms with van der Waals surface area (Å²) in [7, 11) is 0. The fourth-order valence-electron chi connectivity index (χ4n) is 2.61. The van der Waals surface area contributed by atoms with Crippen LogP contribution in [0.15, 0.2) is 5.16 Å². The second kappa shape index (κ2) is 7.15. The maximum absolute atomic E-state index is 12.6. The summed E-state index contributed by atoms with van der Waals surface area (Å²) in [5.41, 5.74) is 5.84. The third kappa shape index (κ3) is 3.90. The normalized spacial score (nSPS) is 17.8. The highest BCUT2D eigenvalue weighted by Crippen LogP contribution is 2.27. The highest BCUT2D eigenvalue weighted by Gasteiger charge is 2.25. The Hall–Kier alpha value is -1.24. The zero-order chi connectivity index (χ0) is 15.4. The lowest BCUT2D eigenvalue weighted by atomic mass is 10.2. The molecule has 6 nitrogen and oxygen atoms in total. The minimum Gasteiger partial charge on any atom is -0.368 e. The highest BCUT2D eigenvalue weighted by atomic mass is 32.2. The van der Waals surface area contributed by atoms with Crippen LogP contribution in [-0.4, -0.2) is 43.9 Å². The molecule has 21 heavy (non-hydrogen) atoms. The number of nitrogens with zero attached hydrogens (tertiary/aromatic N) is 4. The standard InChI is InChI=1S/C14H25N5OS/c1-10(2)19-13(15)16-17-14(19)21-11(3)12(20)18-8-6-4-5-7-9-18/h10-11H,4-9H2,1-3H3,(H2,15,16)/t11-/m1/s1. The van der Waals surface area contributed by atoms with E-state index in [4.69, 9.17) is 5.73 Å². The number of amides is 1. The fraction of sp³-hybridized carbons (Fsp3) is 0.786. The largest absolute Gasteiger partial charge is 0.368 e. The second-order valence-electron chi connectivity index (χ2n) is 5.80. The van der Waals surface area contributed by atoms with Gasteiger partial charge in [-0.25, -0.2) is 0 Å². The summed E-state index contributed by atoms with van der Waals surface area (Å²) in [6, 6.07) is 0.183. The summed E-state index contributed by atoms with van der Waals surface area (Å²) < 4.78 is 1.87. The molecule has 2 rings (SSSR count). The minimum atomic E-state index is -0.163. The Balaban J connectivity index is 2.03. The molecule has 1 aromatic rings. The van der Waals surface area contributed by atoms with Crippen LogP contribution in [0.2, 0.25) is 0 Å². The van der Waals surface area contributed by atoms with E-state index < -0.39 is 0 Å². The van der Waals surface area contributed by atoms with Gasteiger partial charge in [0, 0.05) is 19.1 Å². The lowest BCUT2D eigenvalue weighted by Crippen LogP contribution is -2.37. The van der Waals surface area contributed by atoms with Crippen LogP contribution in [0.4, 0.5) is 5.95 Å². The molecule has 1 fully saturated rings. The van der Waals surface area contributed by atoms with Gasteiger partial charge >= 0.3 is 0 Å². The van der Waals surface area contributed by atoms with Crippen LogP contribution in [0.3, 0.4) is 0 Å². The van der Waals surface area contributed by atoms with Gasteiger partial charge in [0.05, 0.1) is 5.25 Å². The van der Waals surface area contributed by atoms with Gasteiger partial charge in [-0.05, 0) is 33.6 Å². The molecule has 1 amide bonds. The first-order chi connectivity index (χ1) is 10.0. The van der Waals surface area contributed by atoms with Gasteiger partial charge in [-0.15, -0.1) is 10.2 Å². The molecule has 1 aliphatic heterocycles. The molecule has 2 N–H and O–H groups in total. The van der Waals surface area contributed by atoms with Gasteiger partial charge in [-0.2, -0.15) is 0 Å². The van der Waals surface area contributed by atoms with E-state index in [1.54, 1.807) is 0 Å². The Bertz CT molecular complexity index is 480. The second-order valence-corrected chi connectivity index (χ2v) is 7.11. The van der Waals surface area contributed by atoms with E-state index in [1.807, 2.05) is 30.2 Å². The Morgan fingerprint density at radius 1 is 1.14 bits per heavy atom. The first-order valence-corrected chi connectivity index (χ1v) is 8.54. The number of hydrogen-bond donors (Lipinski definition) is 1. The number of hydrogen-bond acceptors (Lipinski definition) is 5. The van der Waals surface area contributed by atoms with Crippen molar-refractivity contribution in [3.8, 4) is 0 Å². The lowest BCUT2D eigenvalue weighted by Gasteiger charge is -2.24. The van der Waals surface area contributed by atoms with Crippen molar-refractivity contribution < 1.29 is 4.79 Å². The number of likely N-dealkylation sites (tertiary alicyclic amines) is 1. The quantitative estimate of drug-likeness (QED) is 0.864. The Kier molecular flexibility index (Phi) is 5.50. The van der Waals surface area contributed by atoms with Crippen molar-refractivity contribution in [2.75, 3.05) is 18.8 Å². The molecule has 1 aliphatic rings. The highest BCUT2D eigenvalue weighted by molar-refractivity contribution is 8.00. The molecule has 0 saturated carbocycles. The van der Waals surface area contributed by atoms with Crippen molar-refractivity contribution >= 4 is 23.6 Å². The van der Waals surface area contributed by atoms with Crippen molar-refractivity contribution in [3.63, 3.8) is 0 Å². The molecule has 7 heteroatoms. The summed E-state index contributed by atoms with van der Waals surface area (Å²) in [5.74, 6) is 0.598. The van der Waals surface area contributed by atoms with E-state index in [1.165, 1.54) is 24.6 Å². The third-order valence-corrected chi connectivity index (χ3v) is 4.80. The number of carbonyl (C=O) groups excluding carboxylic acids is 1. The van der Waals surface area contributed by atoms with Crippen LogP contribution >= 0.6 is 11.8 Å². The average molecular weight is 311 g/mol. The number of thioether (sulfide) groups is 1. The zero-order valence-corrected chi connectivity index (χ0v) is 13.9. The molecule has 0 spiro atoms. The van der Waals surface area contributed by atoms with E-state index in [0.29, 0.717) is 5.95 Å². The molecule has 2 heterocycles. The number of nitrogen functional groups attached to an aromatic ring is 1. The Morgan fingerprint density at radius 3 is 2.33 bits per heavy atom. The van der Waals surface area contributed by atoms with Gasteiger partial charge in [0.2, 0.25) is 11.9 Å². The van der Waals surface area contributed by atoms with Crippen LogP contribution in [0.5, 0.6) is 0 Å². The van der Waals surface area contributed by atoms with Crippen molar-refractivity contribution in [2.24, 2.45) is 0 Å². The number of aromatic nitrogens is 3. The molecule has 1 aromatic heterocycles. The predicted molar refractivity (Wildman–Crippen MR) is 85.2 cm³/mol. The van der Waals surface area contributed by atoms with Gasteiger partial charge in [0.1, 0.15) is 0 Å². The summed E-state index contributed by atoms with van der Waals surface area (Å²) in [6.07, 6.45) is 4.67. The SMILES string of the molecule is CC(C)n1c(N)nnc1S[C@H](C)C(=O)N1CCCCCC1. The lowest BCUT2D eigenvalue weighted by molar-refractivity contribution is -0.130. The monoisotopic (exact) mass is 311 g/mol. The van der Waals surface area contributed by atoms with Crippen LogP contribution in [0.1, 0.15) is 52.5 Å². The maximum atomic E-state index is 12.6. The summed E-state index contributed by atoms with van der Waals surface area (Å²) in [4.78, 5) is 14.5. The summed E-state index contributed by atoms with van der Waals surface area (Å²) >= 11 is 1.45. The smallest absolute Gasteiger partial charge is 0.235 e. The van der Waals surface area contributed by atoms with Crippen LogP contribution in [0, 0.1) is 0 Å².